The van der Waals surface area contributed by atoms with Gasteiger partial charge in [0.15, 0.2) is 9.84 Å². The minimum atomic E-state index is -3.10. The van der Waals surface area contributed by atoms with E-state index in [0.29, 0.717) is 21.3 Å². The van der Waals surface area contributed by atoms with Crippen molar-refractivity contribution in [1.29, 1.82) is 0 Å². The zero-order valence-electron chi connectivity index (χ0n) is 11.6. The van der Waals surface area contributed by atoms with Crippen molar-refractivity contribution in [2.45, 2.75) is 25.8 Å². The molecule has 0 amide bonds. The predicted octanol–water partition coefficient (Wildman–Crippen LogP) is 3.67. The molecule has 1 aromatic carbocycles. The number of nitrogens with zero attached hydrogens (tertiary/aromatic N) is 2. The first-order valence-electron chi connectivity index (χ1n) is 6.45. The number of fused-ring (bicyclic) bond motifs is 1. The van der Waals surface area contributed by atoms with Crippen LogP contribution in [0.1, 0.15) is 25.0 Å². The lowest BCUT2D eigenvalue weighted by atomic mass is 10.3. The van der Waals surface area contributed by atoms with Gasteiger partial charge in [0.1, 0.15) is 11.6 Å². The zero-order chi connectivity index (χ0) is 15.8. The van der Waals surface area contributed by atoms with E-state index in [-0.39, 0.29) is 18.1 Å². The van der Waals surface area contributed by atoms with E-state index in [2.05, 4.69) is 20.9 Å². The van der Waals surface area contributed by atoms with Gasteiger partial charge in [-0.2, -0.15) is 0 Å². The predicted molar refractivity (Wildman–Crippen MR) is 86.0 cm³/mol. The largest absolute Gasteiger partial charge is 0.326 e. The highest BCUT2D eigenvalue weighted by Gasteiger charge is 2.18. The number of halogens is 3. The highest BCUT2D eigenvalue weighted by Crippen LogP contribution is 2.28. The van der Waals surface area contributed by atoms with Crippen LogP contribution in [-0.2, 0) is 16.4 Å². The molecule has 116 valence electrons. The van der Waals surface area contributed by atoms with Gasteiger partial charge in [-0.3, -0.25) is 0 Å². The second kappa shape index (κ2) is 6.22. The summed E-state index contributed by atoms with van der Waals surface area (Å²) < 4.78 is 39.0. The number of hydrogen-bond acceptors (Lipinski definition) is 3. The Morgan fingerprint density at radius 3 is 2.71 bits per heavy atom. The summed E-state index contributed by atoms with van der Waals surface area (Å²) in [5.41, 5.74) is 1.13. The molecule has 1 aromatic heterocycles. The number of aryl methyl sites for hydroxylation is 1. The monoisotopic (exact) mass is 396 g/mol. The normalized spacial score (nSPS) is 13.8. The molecule has 0 bridgehead atoms. The second-order valence-electron chi connectivity index (χ2n) is 4.73. The number of benzene rings is 1. The highest BCUT2D eigenvalue weighted by atomic mass is 79.9. The number of aromatic nitrogens is 2. The first-order chi connectivity index (χ1) is 9.75. The van der Waals surface area contributed by atoms with E-state index in [4.69, 9.17) is 11.6 Å². The van der Waals surface area contributed by atoms with E-state index >= 15 is 0 Å². The van der Waals surface area contributed by atoms with E-state index in [1.165, 1.54) is 6.07 Å². The Labute approximate surface area is 136 Å². The van der Waals surface area contributed by atoms with Gasteiger partial charge in [-0.05, 0) is 28.9 Å². The maximum atomic E-state index is 13.6. The van der Waals surface area contributed by atoms with Crippen LogP contribution in [0.4, 0.5) is 4.39 Å². The van der Waals surface area contributed by atoms with Crippen LogP contribution in [0.2, 0.25) is 0 Å². The van der Waals surface area contributed by atoms with E-state index in [9.17, 15) is 12.8 Å². The summed E-state index contributed by atoms with van der Waals surface area (Å²) in [6, 6.07) is 2.91. The third-order valence-electron chi connectivity index (χ3n) is 3.24. The minimum Gasteiger partial charge on any atom is -0.326 e. The smallest absolute Gasteiger partial charge is 0.151 e. The first kappa shape index (κ1) is 16.7. The molecular formula is C13H15BrClFN2O2S. The number of imidazole rings is 1. The highest BCUT2D eigenvalue weighted by molar-refractivity contribution is 9.10. The van der Waals surface area contributed by atoms with Crippen molar-refractivity contribution >= 4 is 48.4 Å². The van der Waals surface area contributed by atoms with Crippen LogP contribution in [0, 0.1) is 5.82 Å². The molecule has 1 heterocycles. The third kappa shape index (κ3) is 3.57. The van der Waals surface area contributed by atoms with Gasteiger partial charge >= 0.3 is 0 Å². The molecule has 0 aliphatic heterocycles. The SMILES string of the molecule is CCS(=O)(=O)CCn1c(C(C)Cl)nc2cc(F)c(Br)cc21. The van der Waals surface area contributed by atoms with Gasteiger partial charge < -0.3 is 4.57 Å². The van der Waals surface area contributed by atoms with E-state index < -0.39 is 21.0 Å². The summed E-state index contributed by atoms with van der Waals surface area (Å²) in [6.07, 6.45) is 0. The summed E-state index contributed by atoms with van der Waals surface area (Å²) in [4.78, 5) is 4.32. The average molecular weight is 398 g/mol. The number of sulfone groups is 1. The molecule has 0 fully saturated rings. The summed E-state index contributed by atoms with van der Waals surface area (Å²) in [7, 11) is -3.10. The fourth-order valence-corrected chi connectivity index (χ4v) is 3.30. The molecule has 0 aliphatic carbocycles. The Morgan fingerprint density at radius 2 is 2.14 bits per heavy atom. The van der Waals surface area contributed by atoms with Crippen LogP contribution in [0.3, 0.4) is 0 Å². The molecule has 1 unspecified atom stereocenters. The van der Waals surface area contributed by atoms with E-state index in [0.717, 1.165) is 0 Å². The van der Waals surface area contributed by atoms with Crippen molar-refractivity contribution < 1.29 is 12.8 Å². The molecule has 8 heteroatoms. The maximum absolute atomic E-state index is 13.6. The van der Waals surface area contributed by atoms with Crippen LogP contribution in [0.25, 0.3) is 11.0 Å². The lowest BCUT2D eigenvalue weighted by molar-refractivity contribution is 0.589. The van der Waals surface area contributed by atoms with Crippen molar-refractivity contribution in [3.63, 3.8) is 0 Å². The first-order valence-corrected chi connectivity index (χ1v) is 9.50. The maximum Gasteiger partial charge on any atom is 0.151 e. The van der Waals surface area contributed by atoms with Crippen LogP contribution in [0.15, 0.2) is 16.6 Å². The summed E-state index contributed by atoms with van der Waals surface area (Å²) in [5.74, 6) is 0.210. The van der Waals surface area contributed by atoms with Crippen molar-refractivity contribution in [1.82, 2.24) is 9.55 Å². The fraction of sp³-hybridized carbons (Fsp3) is 0.462. The second-order valence-corrected chi connectivity index (χ2v) is 8.71. The number of hydrogen-bond donors (Lipinski definition) is 0. The van der Waals surface area contributed by atoms with Gasteiger partial charge in [0.05, 0.1) is 26.6 Å². The zero-order valence-corrected chi connectivity index (χ0v) is 14.8. The van der Waals surface area contributed by atoms with E-state index in [1.807, 2.05) is 0 Å². The van der Waals surface area contributed by atoms with Gasteiger partial charge in [0, 0.05) is 18.4 Å². The van der Waals surface area contributed by atoms with Gasteiger partial charge in [0.25, 0.3) is 0 Å². The van der Waals surface area contributed by atoms with Gasteiger partial charge in [-0.25, -0.2) is 17.8 Å². The fourth-order valence-electron chi connectivity index (χ4n) is 2.05. The molecule has 0 spiro atoms. The summed E-state index contributed by atoms with van der Waals surface area (Å²) >= 11 is 9.24. The average Bonchev–Trinajstić information content (AvgIpc) is 2.75. The molecule has 0 saturated carbocycles. The molecule has 4 nitrogen and oxygen atoms in total. The minimum absolute atomic E-state index is 0.000560. The van der Waals surface area contributed by atoms with Crippen molar-refractivity contribution in [3.8, 4) is 0 Å². The Bertz CT molecular complexity index is 774. The Hall–Kier alpha value is -0.660. The molecule has 0 N–H and O–H groups in total. The Balaban J connectivity index is 2.53. The molecule has 0 aliphatic rings. The molecule has 2 rings (SSSR count). The number of alkyl halides is 1. The topological polar surface area (TPSA) is 52.0 Å². The summed E-state index contributed by atoms with van der Waals surface area (Å²) in [6.45, 7) is 3.61. The molecule has 1 atom stereocenters. The van der Waals surface area contributed by atoms with Crippen LogP contribution in [-0.4, -0.2) is 29.5 Å². The lowest BCUT2D eigenvalue weighted by Crippen LogP contribution is -2.16. The van der Waals surface area contributed by atoms with Crippen LogP contribution < -0.4 is 0 Å². The molecule has 0 radical (unpaired) electrons. The molecule has 0 saturated heterocycles. The summed E-state index contributed by atoms with van der Waals surface area (Å²) in [5, 5.41) is -0.399. The third-order valence-corrected chi connectivity index (χ3v) is 5.73. The van der Waals surface area contributed by atoms with E-state index in [1.54, 1.807) is 24.5 Å². The Kier molecular flexibility index (Phi) is 4.95. The van der Waals surface area contributed by atoms with Crippen LogP contribution in [0.5, 0.6) is 0 Å². The van der Waals surface area contributed by atoms with Crippen LogP contribution >= 0.6 is 27.5 Å². The quantitative estimate of drug-likeness (QED) is 0.723. The Morgan fingerprint density at radius 1 is 1.48 bits per heavy atom. The van der Waals surface area contributed by atoms with Gasteiger partial charge in [0.2, 0.25) is 0 Å². The van der Waals surface area contributed by atoms with Gasteiger partial charge in [-0.15, -0.1) is 11.6 Å². The standard InChI is InChI=1S/C13H15BrClFN2O2S/c1-3-21(19,20)5-4-18-12-6-9(14)10(16)7-11(12)17-13(18)8(2)15/h6-8H,3-5H2,1-2H3. The molecular weight excluding hydrogens is 383 g/mol. The molecule has 21 heavy (non-hydrogen) atoms. The van der Waals surface area contributed by atoms with Gasteiger partial charge in [-0.1, -0.05) is 6.92 Å². The van der Waals surface area contributed by atoms with Crippen molar-refractivity contribution in [3.05, 3.63) is 28.2 Å². The molecule has 2 aromatic rings. The number of rotatable bonds is 5. The lowest BCUT2D eigenvalue weighted by Gasteiger charge is -2.10. The van der Waals surface area contributed by atoms with Crippen molar-refractivity contribution in [2.24, 2.45) is 0 Å². The van der Waals surface area contributed by atoms with Crippen molar-refractivity contribution in [2.75, 3.05) is 11.5 Å².